The highest BCUT2D eigenvalue weighted by atomic mass is 32.2. The zero-order valence-electron chi connectivity index (χ0n) is 17.6. The average Bonchev–Trinajstić information content (AvgIpc) is 3.35. The predicted octanol–water partition coefficient (Wildman–Crippen LogP) is 4.01. The second-order valence-electron chi connectivity index (χ2n) is 6.96. The summed E-state index contributed by atoms with van der Waals surface area (Å²) in [4.78, 5) is 24.4. The van der Waals surface area contributed by atoms with Gasteiger partial charge in [-0.1, -0.05) is 12.1 Å². The van der Waals surface area contributed by atoms with Gasteiger partial charge in [0.15, 0.2) is 0 Å². The Labute approximate surface area is 193 Å². The lowest BCUT2D eigenvalue weighted by molar-refractivity contribution is 0.102. The van der Waals surface area contributed by atoms with Crippen molar-refractivity contribution in [1.29, 1.82) is 0 Å². The Morgan fingerprint density at radius 1 is 1.09 bits per heavy atom. The number of amides is 1. The second kappa shape index (κ2) is 9.35. The summed E-state index contributed by atoms with van der Waals surface area (Å²) in [6, 6.07) is 12.6. The summed E-state index contributed by atoms with van der Waals surface area (Å²) in [6.07, 6.45) is 4.94. The third-order valence-corrected chi connectivity index (χ3v) is 6.02. The molecule has 0 aliphatic heterocycles. The molecule has 12 heteroatoms. The van der Waals surface area contributed by atoms with Crippen LogP contribution in [0.3, 0.4) is 0 Å². The molecule has 0 saturated heterocycles. The van der Waals surface area contributed by atoms with Crippen LogP contribution in [0, 0.1) is 6.92 Å². The van der Waals surface area contributed by atoms with Crippen molar-refractivity contribution in [2.24, 2.45) is 0 Å². The first-order valence-electron chi connectivity index (χ1n) is 9.78. The Kier molecular flexibility index (Phi) is 6.32. The van der Waals surface area contributed by atoms with E-state index in [1.807, 2.05) is 0 Å². The molecule has 0 radical (unpaired) electrons. The van der Waals surface area contributed by atoms with E-state index in [2.05, 4.69) is 20.3 Å². The SMILES string of the molecule is Cc1nc(Oc2ccc(NC(=O)c3ccccc3S(=O)(=O)C(F)F)cc2)cc(-n2ccnc2)n1. The van der Waals surface area contributed by atoms with Crippen molar-refractivity contribution in [2.75, 3.05) is 5.32 Å². The molecule has 2 aromatic carbocycles. The van der Waals surface area contributed by atoms with Crippen LogP contribution in [0.15, 0.2) is 78.2 Å². The van der Waals surface area contributed by atoms with E-state index in [4.69, 9.17) is 4.74 Å². The van der Waals surface area contributed by atoms with Crippen LogP contribution in [0.2, 0.25) is 0 Å². The van der Waals surface area contributed by atoms with Crippen molar-refractivity contribution in [1.82, 2.24) is 19.5 Å². The maximum atomic E-state index is 13.0. The number of hydrogen-bond acceptors (Lipinski definition) is 7. The molecule has 4 aromatic rings. The number of rotatable bonds is 7. The van der Waals surface area contributed by atoms with Gasteiger partial charge in [-0.2, -0.15) is 13.8 Å². The van der Waals surface area contributed by atoms with Crippen molar-refractivity contribution in [3.05, 3.63) is 84.7 Å². The molecule has 0 spiro atoms. The Bertz CT molecular complexity index is 1430. The first-order chi connectivity index (χ1) is 16.2. The van der Waals surface area contributed by atoms with Gasteiger partial charge in [0.25, 0.3) is 5.91 Å². The molecule has 174 valence electrons. The fourth-order valence-electron chi connectivity index (χ4n) is 3.03. The molecule has 0 aliphatic rings. The van der Waals surface area contributed by atoms with E-state index in [0.717, 1.165) is 12.1 Å². The largest absolute Gasteiger partial charge is 0.439 e. The minimum absolute atomic E-state index is 0.291. The van der Waals surface area contributed by atoms with Gasteiger partial charge in [-0.25, -0.2) is 18.4 Å². The molecule has 9 nitrogen and oxygen atoms in total. The molecular formula is C22H17F2N5O4S. The van der Waals surface area contributed by atoms with E-state index in [1.54, 1.807) is 48.4 Å². The summed E-state index contributed by atoms with van der Waals surface area (Å²) in [5.41, 5.74) is -0.0776. The summed E-state index contributed by atoms with van der Waals surface area (Å²) < 4.78 is 57.2. The maximum Gasteiger partial charge on any atom is 0.341 e. The van der Waals surface area contributed by atoms with Crippen LogP contribution in [-0.4, -0.2) is 39.6 Å². The van der Waals surface area contributed by atoms with E-state index in [0.29, 0.717) is 29.0 Å². The predicted molar refractivity (Wildman–Crippen MR) is 118 cm³/mol. The molecular weight excluding hydrogens is 468 g/mol. The summed E-state index contributed by atoms with van der Waals surface area (Å²) >= 11 is 0. The van der Waals surface area contributed by atoms with Crippen LogP contribution < -0.4 is 10.1 Å². The highest BCUT2D eigenvalue weighted by molar-refractivity contribution is 7.91. The van der Waals surface area contributed by atoms with Crippen LogP contribution in [0.5, 0.6) is 11.6 Å². The lowest BCUT2D eigenvalue weighted by Gasteiger charge is -2.11. The van der Waals surface area contributed by atoms with E-state index < -0.39 is 26.4 Å². The van der Waals surface area contributed by atoms with Crippen molar-refractivity contribution in [2.45, 2.75) is 17.6 Å². The molecule has 0 bridgehead atoms. The molecule has 1 amide bonds. The normalized spacial score (nSPS) is 11.4. The topological polar surface area (TPSA) is 116 Å². The van der Waals surface area contributed by atoms with Crippen molar-refractivity contribution >= 4 is 21.4 Å². The molecule has 4 rings (SSSR count). The van der Waals surface area contributed by atoms with Gasteiger partial charge in [-0.15, -0.1) is 0 Å². The summed E-state index contributed by atoms with van der Waals surface area (Å²) in [5, 5.41) is 2.50. The molecule has 0 unspecified atom stereocenters. The zero-order chi connectivity index (χ0) is 24.3. The minimum Gasteiger partial charge on any atom is -0.439 e. The number of hydrogen-bond donors (Lipinski definition) is 1. The molecule has 2 aromatic heterocycles. The standard InChI is InChI=1S/C22H17F2N5O4S/c1-14-26-19(29-11-10-25-13-29)12-20(27-14)33-16-8-6-15(7-9-16)28-21(30)17-4-2-3-5-18(17)34(31,32)22(23)24/h2-13,22H,1H3,(H,28,30). The first-order valence-corrected chi connectivity index (χ1v) is 11.3. The number of carbonyl (C=O) groups is 1. The van der Waals surface area contributed by atoms with Crippen LogP contribution >= 0.6 is 0 Å². The number of halogens is 2. The summed E-state index contributed by atoms with van der Waals surface area (Å²) in [6.45, 7) is 1.72. The molecule has 1 N–H and O–H groups in total. The number of anilines is 1. The van der Waals surface area contributed by atoms with Gasteiger partial charge < -0.3 is 10.1 Å². The van der Waals surface area contributed by atoms with Gasteiger partial charge >= 0.3 is 5.76 Å². The molecule has 2 heterocycles. The molecule has 0 aliphatic carbocycles. The number of imidazole rings is 1. The van der Waals surface area contributed by atoms with Gasteiger partial charge in [0.1, 0.15) is 23.7 Å². The summed E-state index contributed by atoms with van der Waals surface area (Å²) in [7, 11) is -4.94. The smallest absolute Gasteiger partial charge is 0.341 e. The zero-order valence-corrected chi connectivity index (χ0v) is 18.4. The lowest BCUT2D eigenvalue weighted by atomic mass is 10.2. The third-order valence-electron chi connectivity index (χ3n) is 4.58. The van der Waals surface area contributed by atoms with Crippen LogP contribution in [-0.2, 0) is 9.84 Å². The number of nitrogens with zero attached hydrogens (tertiary/aromatic N) is 4. The van der Waals surface area contributed by atoms with Gasteiger partial charge in [-0.3, -0.25) is 9.36 Å². The third kappa shape index (κ3) is 4.91. The fraction of sp³-hybridized carbons (Fsp3) is 0.0909. The minimum atomic E-state index is -4.94. The Balaban J connectivity index is 1.50. The number of nitrogens with one attached hydrogen (secondary N) is 1. The highest BCUT2D eigenvalue weighted by Crippen LogP contribution is 2.25. The fourth-order valence-corrected chi connectivity index (χ4v) is 3.96. The van der Waals surface area contributed by atoms with Crippen molar-refractivity contribution in [3.8, 4) is 17.4 Å². The van der Waals surface area contributed by atoms with E-state index >= 15 is 0 Å². The number of benzene rings is 2. The van der Waals surface area contributed by atoms with Gasteiger partial charge in [-0.05, 0) is 43.3 Å². The first kappa shape index (κ1) is 23.0. The van der Waals surface area contributed by atoms with Gasteiger partial charge in [0.2, 0.25) is 15.7 Å². The number of aromatic nitrogens is 4. The van der Waals surface area contributed by atoms with Crippen molar-refractivity contribution < 1.29 is 26.7 Å². The molecule has 0 saturated carbocycles. The number of alkyl halides is 2. The second-order valence-corrected chi connectivity index (χ2v) is 8.85. The Hall–Kier alpha value is -4.19. The van der Waals surface area contributed by atoms with Crippen LogP contribution in [0.4, 0.5) is 14.5 Å². The Morgan fingerprint density at radius 2 is 1.82 bits per heavy atom. The Morgan fingerprint density at radius 3 is 2.50 bits per heavy atom. The number of aryl methyl sites for hydroxylation is 1. The summed E-state index contributed by atoms with van der Waals surface area (Å²) in [5.74, 6) is -2.72. The van der Waals surface area contributed by atoms with Crippen LogP contribution in [0.25, 0.3) is 5.82 Å². The monoisotopic (exact) mass is 485 g/mol. The lowest BCUT2D eigenvalue weighted by Crippen LogP contribution is -2.19. The highest BCUT2D eigenvalue weighted by Gasteiger charge is 2.30. The molecule has 34 heavy (non-hydrogen) atoms. The van der Waals surface area contributed by atoms with E-state index in [-0.39, 0.29) is 5.56 Å². The number of sulfone groups is 1. The van der Waals surface area contributed by atoms with Crippen molar-refractivity contribution in [3.63, 3.8) is 0 Å². The number of ether oxygens (including phenoxy) is 1. The van der Waals surface area contributed by atoms with E-state index in [9.17, 15) is 22.0 Å². The molecule has 0 atom stereocenters. The quantitative estimate of drug-likeness (QED) is 0.420. The van der Waals surface area contributed by atoms with E-state index in [1.165, 1.54) is 24.3 Å². The average molecular weight is 485 g/mol. The maximum absolute atomic E-state index is 13.0. The number of carbonyl (C=O) groups excluding carboxylic acids is 1. The molecule has 0 fully saturated rings. The van der Waals surface area contributed by atoms with Crippen LogP contribution in [0.1, 0.15) is 16.2 Å². The van der Waals surface area contributed by atoms with Gasteiger partial charge in [0.05, 0.1) is 10.5 Å². The van der Waals surface area contributed by atoms with Gasteiger partial charge in [0, 0.05) is 24.1 Å².